The number of rotatable bonds is 8. The summed E-state index contributed by atoms with van der Waals surface area (Å²) in [7, 11) is 2.21. The van der Waals surface area contributed by atoms with Crippen LogP contribution in [0.3, 0.4) is 0 Å². The molecule has 0 aromatic heterocycles. The molecule has 19 heavy (non-hydrogen) atoms. The van der Waals surface area contributed by atoms with Crippen molar-refractivity contribution in [1.82, 2.24) is 10.2 Å². The van der Waals surface area contributed by atoms with E-state index < -0.39 is 0 Å². The second-order valence-corrected chi connectivity index (χ2v) is 5.81. The summed E-state index contributed by atoms with van der Waals surface area (Å²) in [4.78, 5) is 14.1. The summed E-state index contributed by atoms with van der Waals surface area (Å²) >= 11 is 0. The molecular formula is C15H31N3O. The summed E-state index contributed by atoms with van der Waals surface area (Å²) in [5.41, 5.74) is 5.76. The highest BCUT2D eigenvalue weighted by Crippen LogP contribution is 2.21. The maximum Gasteiger partial charge on any atom is 0.236 e. The lowest BCUT2D eigenvalue weighted by molar-refractivity contribution is -0.122. The zero-order valence-electron chi connectivity index (χ0n) is 12.7. The Labute approximate surface area is 118 Å². The number of nitrogens with zero attached hydrogens (tertiary/aromatic N) is 1. The molecule has 4 heteroatoms. The molecule has 0 saturated heterocycles. The Morgan fingerprint density at radius 3 is 2.68 bits per heavy atom. The zero-order valence-corrected chi connectivity index (χ0v) is 12.7. The molecule has 1 aliphatic rings. The van der Waals surface area contributed by atoms with E-state index in [1.54, 1.807) is 0 Å². The van der Waals surface area contributed by atoms with Crippen molar-refractivity contribution < 1.29 is 4.79 Å². The maximum absolute atomic E-state index is 11.6. The van der Waals surface area contributed by atoms with Gasteiger partial charge in [0.1, 0.15) is 0 Å². The third-order valence-electron chi connectivity index (χ3n) is 4.12. The smallest absolute Gasteiger partial charge is 0.236 e. The molecular weight excluding hydrogens is 238 g/mol. The quantitative estimate of drug-likeness (QED) is 0.662. The van der Waals surface area contributed by atoms with Gasteiger partial charge in [0.05, 0.1) is 6.04 Å². The molecule has 0 spiro atoms. The lowest BCUT2D eigenvalue weighted by Crippen LogP contribution is -2.42. The second-order valence-electron chi connectivity index (χ2n) is 5.81. The summed E-state index contributed by atoms with van der Waals surface area (Å²) in [5, 5.41) is 2.93. The number of nitrogens with one attached hydrogen (secondary N) is 1. The molecule has 4 nitrogen and oxygen atoms in total. The molecule has 1 saturated carbocycles. The molecule has 0 bridgehead atoms. The predicted octanol–water partition coefficient (Wildman–Crippen LogP) is 1.88. The van der Waals surface area contributed by atoms with Crippen molar-refractivity contribution in [2.75, 3.05) is 20.1 Å². The lowest BCUT2D eigenvalue weighted by Gasteiger charge is -2.31. The Bertz CT molecular complexity index is 252. The van der Waals surface area contributed by atoms with Gasteiger partial charge in [-0.3, -0.25) is 4.79 Å². The van der Waals surface area contributed by atoms with E-state index >= 15 is 0 Å². The number of nitrogens with two attached hydrogens (primary N) is 1. The first-order valence-corrected chi connectivity index (χ1v) is 7.88. The Kier molecular flexibility index (Phi) is 8.07. The summed E-state index contributed by atoms with van der Waals surface area (Å²) in [6.45, 7) is 3.85. The number of carbonyl (C=O) groups is 1. The van der Waals surface area contributed by atoms with Gasteiger partial charge in [0, 0.05) is 12.6 Å². The minimum atomic E-state index is -0.332. The highest BCUT2D eigenvalue weighted by Gasteiger charge is 2.17. The number of carbonyl (C=O) groups excluding carboxylic acids is 1. The summed E-state index contributed by atoms with van der Waals surface area (Å²) < 4.78 is 0. The highest BCUT2D eigenvalue weighted by molar-refractivity contribution is 5.81. The third kappa shape index (κ3) is 6.39. The normalized spacial score (nSPS) is 18.5. The lowest BCUT2D eigenvalue weighted by atomic mass is 9.94. The zero-order chi connectivity index (χ0) is 14.1. The van der Waals surface area contributed by atoms with Gasteiger partial charge in [-0.15, -0.1) is 0 Å². The van der Waals surface area contributed by atoms with Crippen LogP contribution >= 0.6 is 0 Å². The van der Waals surface area contributed by atoms with Gasteiger partial charge in [-0.05, 0) is 39.3 Å². The molecule has 0 radical (unpaired) electrons. The fourth-order valence-electron chi connectivity index (χ4n) is 2.82. The van der Waals surface area contributed by atoms with Crippen LogP contribution in [0.4, 0.5) is 0 Å². The minimum absolute atomic E-state index is 0.00201. The van der Waals surface area contributed by atoms with Gasteiger partial charge >= 0.3 is 0 Å². The van der Waals surface area contributed by atoms with E-state index in [0.717, 1.165) is 38.4 Å². The molecule has 1 unspecified atom stereocenters. The summed E-state index contributed by atoms with van der Waals surface area (Å²) in [6.07, 6.45) is 9.56. The molecule has 1 atom stereocenters. The average Bonchev–Trinajstić information content (AvgIpc) is 2.44. The van der Waals surface area contributed by atoms with Crippen molar-refractivity contribution in [2.45, 2.75) is 70.4 Å². The van der Waals surface area contributed by atoms with Crippen LogP contribution in [0.5, 0.6) is 0 Å². The van der Waals surface area contributed by atoms with Crippen molar-refractivity contribution in [3.8, 4) is 0 Å². The minimum Gasteiger partial charge on any atom is -0.355 e. The van der Waals surface area contributed by atoms with Gasteiger partial charge in [0.2, 0.25) is 5.91 Å². The van der Waals surface area contributed by atoms with E-state index in [4.69, 9.17) is 5.73 Å². The third-order valence-corrected chi connectivity index (χ3v) is 4.12. The molecule has 1 fully saturated rings. The van der Waals surface area contributed by atoms with E-state index in [2.05, 4.69) is 17.3 Å². The van der Waals surface area contributed by atoms with Crippen LogP contribution in [0.15, 0.2) is 0 Å². The Morgan fingerprint density at radius 1 is 1.37 bits per heavy atom. The topological polar surface area (TPSA) is 58.4 Å². The standard InChI is InChI=1S/C15H31N3O/c1-3-8-14(16)15(19)17-11-7-12-18(2)13-9-5-4-6-10-13/h13-14H,3-12,16H2,1-2H3,(H,17,19). The summed E-state index contributed by atoms with van der Waals surface area (Å²) in [5.74, 6) is 0.00201. The molecule has 0 heterocycles. The van der Waals surface area contributed by atoms with Crippen LogP contribution in [-0.4, -0.2) is 43.0 Å². The van der Waals surface area contributed by atoms with Crippen LogP contribution in [0.1, 0.15) is 58.3 Å². The van der Waals surface area contributed by atoms with E-state index in [-0.39, 0.29) is 11.9 Å². The van der Waals surface area contributed by atoms with E-state index in [9.17, 15) is 4.79 Å². The van der Waals surface area contributed by atoms with Crippen molar-refractivity contribution in [2.24, 2.45) is 5.73 Å². The molecule has 0 aliphatic heterocycles. The fourth-order valence-corrected chi connectivity index (χ4v) is 2.82. The van der Waals surface area contributed by atoms with Gasteiger partial charge in [-0.25, -0.2) is 0 Å². The van der Waals surface area contributed by atoms with Gasteiger partial charge < -0.3 is 16.0 Å². The van der Waals surface area contributed by atoms with Crippen molar-refractivity contribution in [3.05, 3.63) is 0 Å². The van der Waals surface area contributed by atoms with E-state index in [1.165, 1.54) is 32.1 Å². The van der Waals surface area contributed by atoms with Gasteiger partial charge in [0.25, 0.3) is 0 Å². The average molecular weight is 269 g/mol. The van der Waals surface area contributed by atoms with Crippen LogP contribution in [0.2, 0.25) is 0 Å². The fraction of sp³-hybridized carbons (Fsp3) is 0.933. The maximum atomic E-state index is 11.6. The Hall–Kier alpha value is -0.610. The molecule has 0 aromatic rings. The highest BCUT2D eigenvalue weighted by atomic mass is 16.2. The van der Waals surface area contributed by atoms with Crippen LogP contribution in [-0.2, 0) is 4.79 Å². The number of hydrogen-bond acceptors (Lipinski definition) is 3. The monoisotopic (exact) mass is 269 g/mol. The molecule has 1 rings (SSSR count). The molecule has 3 N–H and O–H groups in total. The van der Waals surface area contributed by atoms with Gasteiger partial charge in [0.15, 0.2) is 0 Å². The number of amides is 1. The van der Waals surface area contributed by atoms with E-state index in [1.807, 2.05) is 6.92 Å². The van der Waals surface area contributed by atoms with Crippen LogP contribution < -0.4 is 11.1 Å². The first kappa shape index (κ1) is 16.4. The van der Waals surface area contributed by atoms with Crippen molar-refractivity contribution >= 4 is 5.91 Å². The molecule has 1 amide bonds. The van der Waals surface area contributed by atoms with Gasteiger partial charge in [-0.1, -0.05) is 32.6 Å². The van der Waals surface area contributed by atoms with Gasteiger partial charge in [-0.2, -0.15) is 0 Å². The van der Waals surface area contributed by atoms with Crippen LogP contribution in [0, 0.1) is 0 Å². The molecule has 112 valence electrons. The molecule has 0 aromatic carbocycles. The first-order valence-electron chi connectivity index (χ1n) is 7.88. The van der Waals surface area contributed by atoms with E-state index in [0.29, 0.717) is 0 Å². The first-order chi connectivity index (χ1) is 9.15. The van der Waals surface area contributed by atoms with Crippen molar-refractivity contribution in [3.63, 3.8) is 0 Å². The largest absolute Gasteiger partial charge is 0.355 e. The number of hydrogen-bond donors (Lipinski definition) is 2. The summed E-state index contributed by atoms with van der Waals surface area (Å²) in [6, 6.07) is 0.424. The predicted molar refractivity (Wildman–Crippen MR) is 80.0 cm³/mol. The SMILES string of the molecule is CCCC(N)C(=O)NCCCN(C)C1CCCCC1. The second kappa shape index (κ2) is 9.32. The van der Waals surface area contributed by atoms with Crippen molar-refractivity contribution in [1.29, 1.82) is 0 Å². The Morgan fingerprint density at radius 2 is 2.05 bits per heavy atom. The Balaban J connectivity index is 2.07. The molecule has 1 aliphatic carbocycles. The van der Waals surface area contributed by atoms with Crippen LogP contribution in [0.25, 0.3) is 0 Å².